The number of hydrogen-bond donors (Lipinski definition) is 2. The summed E-state index contributed by atoms with van der Waals surface area (Å²) in [6.07, 6.45) is 0. The molecular weight excluding hydrogens is 524 g/mol. The number of carbonyl (C=O) groups excluding carboxylic acids is 2. The molecule has 0 bridgehead atoms. The van der Waals surface area contributed by atoms with Gasteiger partial charge in [0.05, 0.1) is 16.6 Å². The summed E-state index contributed by atoms with van der Waals surface area (Å²) >= 11 is 3.58. The summed E-state index contributed by atoms with van der Waals surface area (Å²) in [7, 11) is 0. The molecule has 0 spiro atoms. The van der Waals surface area contributed by atoms with Crippen LogP contribution in [0.2, 0.25) is 0 Å². The zero-order valence-electron chi connectivity index (χ0n) is 19.7. The first-order chi connectivity index (χ1) is 18.1. The predicted molar refractivity (Wildman–Crippen MR) is 153 cm³/mol. The van der Waals surface area contributed by atoms with Gasteiger partial charge in [-0.15, -0.1) is 0 Å². The normalized spacial score (nSPS) is 12.2. The molecular formula is C32H21BrN2O2. The summed E-state index contributed by atoms with van der Waals surface area (Å²) in [5, 5.41) is 4.57. The Balaban J connectivity index is 0.000000176. The largest absolute Gasteiger partial charge is 0.354 e. The van der Waals surface area contributed by atoms with Crippen LogP contribution in [-0.4, -0.2) is 16.8 Å². The standard InChI is InChI=1S/C20H11BrN2O2.C12H10/c21-10-8-14-11-4-1-2-7-16(11)22-18(14)15(9-10)12-5-3-6-13-17(12)20(25)23-19(13)24;1-3-7-11(8-4-1)12-9-5-2-6-10-12/h1-9,22H,(H,23,24,25);1-10H. The Hall–Kier alpha value is -4.48. The average molecular weight is 545 g/mol. The zero-order valence-corrected chi connectivity index (χ0v) is 21.3. The van der Waals surface area contributed by atoms with E-state index >= 15 is 0 Å². The summed E-state index contributed by atoms with van der Waals surface area (Å²) in [5.41, 5.74) is 7.03. The third-order valence-electron chi connectivity index (χ3n) is 6.51. The second-order valence-corrected chi connectivity index (χ2v) is 9.71. The number of H-pyrrole nitrogens is 1. The van der Waals surface area contributed by atoms with Gasteiger partial charge in [0.2, 0.25) is 0 Å². The number of aromatic amines is 1. The predicted octanol–water partition coefficient (Wildman–Crippen LogP) is 7.99. The number of imide groups is 1. The number of amides is 2. The summed E-state index contributed by atoms with van der Waals surface area (Å²) in [5.74, 6) is -0.690. The van der Waals surface area contributed by atoms with Crippen molar-refractivity contribution in [2.45, 2.75) is 0 Å². The Morgan fingerprint density at radius 1 is 0.541 bits per heavy atom. The van der Waals surface area contributed by atoms with E-state index in [1.54, 1.807) is 6.07 Å². The zero-order chi connectivity index (χ0) is 25.4. The van der Waals surface area contributed by atoms with E-state index in [0.29, 0.717) is 11.1 Å². The summed E-state index contributed by atoms with van der Waals surface area (Å²) in [4.78, 5) is 27.7. The second-order valence-electron chi connectivity index (χ2n) is 8.79. The number of halogens is 1. The third kappa shape index (κ3) is 4.24. The van der Waals surface area contributed by atoms with Crippen LogP contribution in [0.25, 0.3) is 44.1 Å². The van der Waals surface area contributed by atoms with Gasteiger partial charge in [-0.2, -0.15) is 0 Å². The molecule has 5 heteroatoms. The van der Waals surface area contributed by atoms with Gasteiger partial charge < -0.3 is 4.98 Å². The number of hydrogen-bond acceptors (Lipinski definition) is 2. The van der Waals surface area contributed by atoms with Crippen LogP contribution in [0.4, 0.5) is 0 Å². The molecule has 5 aromatic carbocycles. The minimum atomic E-state index is -0.347. The van der Waals surface area contributed by atoms with Crippen molar-refractivity contribution in [2.75, 3.05) is 0 Å². The number of benzene rings is 5. The van der Waals surface area contributed by atoms with Gasteiger partial charge in [0.1, 0.15) is 0 Å². The van der Waals surface area contributed by atoms with Crippen molar-refractivity contribution in [1.29, 1.82) is 0 Å². The molecule has 1 aromatic heterocycles. The Morgan fingerprint density at radius 2 is 1.16 bits per heavy atom. The van der Waals surface area contributed by atoms with E-state index in [-0.39, 0.29) is 11.8 Å². The number of nitrogens with one attached hydrogen (secondary N) is 2. The monoisotopic (exact) mass is 544 g/mol. The number of aromatic nitrogens is 1. The summed E-state index contributed by atoms with van der Waals surface area (Å²) in [6, 6.07) is 38.3. The highest BCUT2D eigenvalue weighted by atomic mass is 79.9. The van der Waals surface area contributed by atoms with Crippen molar-refractivity contribution in [3.63, 3.8) is 0 Å². The van der Waals surface area contributed by atoms with Gasteiger partial charge in [0.15, 0.2) is 0 Å². The molecule has 0 atom stereocenters. The molecule has 1 aliphatic heterocycles. The number of fused-ring (bicyclic) bond motifs is 4. The van der Waals surface area contributed by atoms with Crippen LogP contribution in [-0.2, 0) is 0 Å². The van der Waals surface area contributed by atoms with E-state index in [9.17, 15) is 9.59 Å². The highest BCUT2D eigenvalue weighted by Gasteiger charge is 2.30. The number of para-hydroxylation sites is 1. The van der Waals surface area contributed by atoms with Crippen molar-refractivity contribution in [3.8, 4) is 22.3 Å². The van der Waals surface area contributed by atoms with Crippen LogP contribution in [0.5, 0.6) is 0 Å². The maximum Gasteiger partial charge on any atom is 0.259 e. The molecule has 0 radical (unpaired) electrons. The molecule has 4 nitrogen and oxygen atoms in total. The molecule has 178 valence electrons. The Kier molecular flexibility index (Phi) is 5.91. The van der Waals surface area contributed by atoms with Crippen molar-refractivity contribution in [2.24, 2.45) is 0 Å². The van der Waals surface area contributed by atoms with Crippen LogP contribution < -0.4 is 5.32 Å². The molecule has 0 saturated carbocycles. The first-order valence-electron chi connectivity index (χ1n) is 11.9. The molecule has 1 aliphatic rings. The van der Waals surface area contributed by atoms with Crippen LogP contribution in [0.1, 0.15) is 20.7 Å². The van der Waals surface area contributed by atoms with E-state index in [2.05, 4.69) is 86.9 Å². The van der Waals surface area contributed by atoms with Gasteiger partial charge in [0.25, 0.3) is 11.8 Å². The fraction of sp³-hybridized carbons (Fsp3) is 0. The molecule has 7 rings (SSSR count). The minimum absolute atomic E-state index is 0.343. The SMILES string of the molecule is O=C1NC(=O)c2c1cccc2-c1cc(Br)cc2c1[nH]c1ccccc12.c1ccc(-c2ccccc2)cc1. The van der Waals surface area contributed by atoms with Crippen molar-refractivity contribution < 1.29 is 9.59 Å². The lowest BCUT2D eigenvalue weighted by molar-refractivity contribution is 0.0880. The van der Waals surface area contributed by atoms with Crippen molar-refractivity contribution >= 4 is 49.6 Å². The summed E-state index contributed by atoms with van der Waals surface area (Å²) in [6.45, 7) is 0. The van der Waals surface area contributed by atoms with E-state index in [1.165, 1.54) is 11.1 Å². The van der Waals surface area contributed by atoms with E-state index in [1.807, 2.05) is 48.5 Å². The fourth-order valence-electron chi connectivity index (χ4n) is 4.83. The Morgan fingerprint density at radius 3 is 1.86 bits per heavy atom. The van der Waals surface area contributed by atoms with Gasteiger partial charge in [-0.3, -0.25) is 14.9 Å². The number of rotatable bonds is 2. The fourth-order valence-corrected chi connectivity index (χ4v) is 5.29. The topological polar surface area (TPSA) is 62.0 Å². The molecule has 0 fully saturated rings. The molecule has 0 saturated heterocycles. The molecule has 37 heavy (non-hydrogen) atoms. The van der Waals surface area contributed by atoms with Gasteiger partial charge in [0, 0.05) is 26.3 Å². The average Bonchev–Trinajstić information content (AvgIpc) is 3.46. The van der Waals surface area contributed by atoms with Gasteiger partial charge in [-0.25, -0.2) is 0 Å². The van der Waals surface area contributed by atoms with E-state index in [0.717, 1.165) is 37.4 Å². The van der Waals surface area contributed by atoms with Crippen LogP contribution in [0, 0.1) is 0 Å². The lowest BCUT2D eigenvalue weighted by Gasteiger charge is -2.09. The maximum atomic E-state index is 12.3. The highest BCUT2D eigenvalue weighted by molar-refractivity contribution is 9.10. The smallest absolute Gasteiger partial charge is 0.259 e. The molecule has 0 unspecified atom stereocenters. The third-order valence-corrected chi connectivity index (χ3v) is 6.97. The molecule has 2 heterocycles. The molecule has 2 amide bonds. The lowest BCUT2D eigenvalue weighted by atomic mass is 9.95. The Labute approximate surface area is 222 Å². The van der Waals surface area contributed by atoms with Gasteiger partial charge in [-0.1, -0.05) is 107 Å². The van der Waals surface area contributed by atoms with Gasteiger partial charge >= 0.3 is 0 Å². The molecule has 2 N–H and O–H groups in total. The van der Waals surface area contributed by atoms with E-state index in [4.69, 9.17) is 0 Å². The summed E-state index contributed by atoms with van der Waals surface area (Å²) < 4.78 is 0.919. The van der Waals surface area contributed by atoms with Gasteiger partial charge in [-0.05, 0) is 41.0 Å². The minimum Gasteiger partial charge on any atom is -0.354 e. The lowest BCUT2D eigenvalue weighted by Crippen LogP contribution is -2.20. The van der Waals surface area contributed by atoms with Crippen LogP contribution in [0.15, 0.2) is 120 Å². The van der Waals surface area contributed by atoms with Crippen LogP contribution in [0.3, 0.4) is 0 Å². The molecule has 0 aliphatic carbocycles. The molecule has 6 aromatic rings. The second kappa shape index (κ2) is 9.52. The first-order valence-corrected chi connectivity index (χ1v) is 12.7. The van der Waals surface area contributed by atoms with Crippen LogP contribution >= 0.6 is 15.9 Å². The maximum absolute atomic E-state index is 12.3. The van der Waals surface area contributed by atoms with Crippen molar-refractivity contribution in [1.82, 2.24) is 10.3 Å². The number of carbonyl (C=O) groups is 2. The van der Waals surface area contributed by atoms with E-state index < -0.39 is 0 Å². The quantitative estimate of drug-likeness (QED) is 0.217. The Bertz CT molecular complexity index is 1750. The highest BCUT2D eigenvalue weighted by Crippen LogP contribution is 2.38. The van der Waals surface area contributed by atoms with Crippen molar-refractivity contribution in [3.05, 3.63) is 131 Å². The first kappa shape index (κ1) is 23.0.